The van der Waals surface area contributed by atoms with E-state index in [1.54, 1.807) is 15.9 Å². The van der Waals surface area contributed by atoms with E-state index in [0.29, 0.717) is 19.0 Å². The summed E-state index contributed by atoms with van der Waals surface area (Å²) < 4.78 is 16.2. The molecular weight excluding hydrogens is 372 g/mol. The van der Waals surface area contributed by atoms with Crippen LogP contribution in [0.15, 0.2) is 23.8 Å². The van der Waals surface area contributed by atoms with Gasteiger partial charge in [0.15, 0.2) is 0 Å². The molecule has 0 bridgehead atoms. The van der Waals surface area contributed by atoms with E-state index in [4.69, 9.17) is 25.8 Å². The van der Waals surface area contributed by atoms with Crippen LogP contribution in [0.4, 0.5) is 9.59 Å². The van der Waals surface area contributed by atoms with Gasteiger partial charge in [-0.3, -0.25) is 9.80 Å². The molecule has 2 rings (SSSR count). The van der Waals surface area contributed by atoms with Gasteiger partial charge >= 0.3 is 12.2 Å². The van der Waals surface area contributed by atoms with Gasteiger partial charge in [0.25, 0.3) is 0 Å². The van der Waals surface area contributed by atoms with Crippen LogP contribution in [0.25, 0.3) is 0 Å². The van der Waals surface area contributed by atoms with Crippen LogP contribution in [0.5, 0.6) is 0 Å². The third kappa shape index (κ3) is 5.17. The number of halogens is 1. The van der Waals surface area contributed by atoms with Crippen molar-refractivity contribution in [3.05, 3.63) is 23.8 Å². The van der Waals surface area contributed by atoms with Crippen molar-refractivity contribution in [2.24, 2.45) is 0 Å². The summed E-state index contributed by atoms with van der Waals surface area (Å²) in [4.78, 5) is 27.5. The van der Waals surface area contributed by atoms with Crippen LogP contribution in [-0.4, -0.2) is 71.5 Å². The molecule has 2 fully saturated rings. The lowest BCUT2D eigenvalue weighted by Crippen LogP contribution is -2.52. The standard InChI is InChI=1S/C19H29ClN2O5/c1-14(11-20)8-9-21-15(12-26-16(21)23)7-6-10-25-17(24)22-18(2,3)13-27-19(22,4)5/h6-8,15H,9-13H2,1-5H3/b7-6+,14-8+/t15-/m0/s1. The van der Waals surface area contributed by atoms with E-state index in [1.165, 1.54) is 0 Å². The summed E-state index contributed by atoms with van der Waals surface area (Å²) >= 11 is 5.76. The number of carbonyl (C=O) groups excluding carboxylic acids is 2. The number of ether oxygens (including phenoxy) is 3. The summed E-state index contributed by atoms with van der Waals surface area (Å²) in [5, 5.41) is 0. The number of hydrogen-bond donors (Lipinski definition) is 0. The first-order valence-corrected chi connectivity index (χ1v) is 9.54. The Morgan fingerprint density at radius 2 is 2.07 bits per heavy atom. The molecule has 0 N–H and O–H groups in total. The quantitative estimate of drug-likeness (QED) is 0.504. The Bertz CT molecular complexity index is 614. The number of carbonyl (C=O) groups is 2. The van der Waals surface area contributed by atoms with Crippen molar-refractivity contribution >= 4 is 23.8 Å². The Labute approximate surface area is 165 Å². The first-order chi connectivity index (χ1) is 12.6. The lowest BCUT2D eigenvalue weighted by atomic mass is 10.0. The van der Waals surface area contributed by atoms with Gasteiger partial charge in [-0.15, -0.1) is 11.6 Å². The Balaban J connectivity index is 1.89. The first kappa shape index (κ1) is 21.6. The van der Waals surface area contributed by atoms with Gasteiger partial charge in [0.1, 0.15) is 18.9 Å². The maximum Gasteiger partial charge on any atom is 0.412 e. The van der Waals surface area contributed by atoms with Gasteiger partial charge in [-0.25, -0.2) is 9.59 Å². The largest absolute Gasteiger partial charge is 0.447 e. The zero-order valence-electron chi connectivity index (χ0n) is 16.7. The van der Waals surface area contributed by atoms with Crippen molar-refractivity contribution < 1.29 is 23.8 Å². The number of alkyl halides is 1. The third-order valence-corrected chi connectivity index (χ3v) is 5.05. The first-order valence-electron chi connectivity index (χ1n) is 9.01. The number of rotatable bonds is 6. The minimum absolute atomic E-state index is 0.108. The normalized spacial score (nSPS) is 24.6. The number of allylic oxidation sites excluding steroid dienone is 1. The molecule has 0 saturated carbocycles. The molecule has 1 atom stereocenters. The fraction of sp³-hybridized carbons (Fsp3) is 0.684. The molecule has 2 saturated heterocycles. The third-order valence-electron chi connectivity index (χ3n) is 4.63. The van der Waals surface area contributed by atoms with Crippen molar-refractivity contribution in [2.75, 3.05) is 32.2 Å². The molecule has 2 aliphatic rings. The fourth-order valence-corrected chi connectivity index (χ4v) is 3.33. The molecule has 0 spiro atoms. The van der Waals surface area contributed by atoms with Crippen LogP contribution in [-0.2, 0) is 14.2 Å². The highest BCUT2D eigenvalue weighted by Gasteiger charge is 2.49. The summed E-state index contributed by atoms with van der Waals surface area (Å²) in [6.45, 7) is 10.7. The number of nitrogens with zero attached hydrogens (tertiary/aromatic N) is 2. The van der Waals surface area contributed by atoms with E-state index in [2.05, 4.69) is 0 Å². The Kier molecular flexibility index (Phi) is 6.81. The van der Waals surface area contributed by atoms with Crippen LogP contribution >= 0.6 is 11.6 Å². The molecule has 2 amide bonds. The second-order valence-corrected chi connectivity index (χ2v) is 8.14. The van der Waals surface area contributed by atoms with E-state index in [1.807, 2.05) is 46.8 Å². The maximum absolute atomic E-state index is 12.5. The zero-order chi connectivity index (χ0) is 20.2. The molecule has 27 heavy (non-hydrogen) atoms. The molecule has 0 unspecified atom stereocenters. The number of hydrogen-bond acceptors (Lipinski definition) is 5. The molecule has 0 aromatic carbocycles. The molecule has 0 aromatic rings. The average molecular weight is 401 g/mol. The second-order valence-electron chi connectivity index (χ2n) is 7.87. The summed E-state index contributed by atoms with van der Waals surface area (Å²) in [7, 11) is 0. The molecule has 2 aliphatic heterocycles. The van der Waals surface area contributed by atoms with Gasteiger partial charge in [-0.1, -0.05) is 17.7 Å². The fourth-order valence-electron chi connectivity index (χ4n) is 3.22. The highest BCUT2D eigenvalue weighted by Crippen LogP contribution is 2.34. The van der Waals surface area contributed by atoms with Crippen LogP contribution in [0.3, 0.4) is 0 Å². The van der Waals surface area contributed by atoms with E-state index < -0.39 is 17.4 Å². The van der Waals surface area contributed by atoms with E-state index in [0.717, 1.165) is 5.57 Å². The predicted octanol–water partition coefficient (Wildman–Crippen LogP) is 3.53. The molecule has 2 heterocycles. The van der Waals surface area contributed by atoms with Gasteiger partial charge < -0.3 is 14.2 Å². The van der Waals surface area contributed by atoms with E-state index >= 15 is 0 Å². The van der Waals surface area contributed by atoms with E-state index in [9.17, 15) is 9.59 Å². The Morgan fingerprint density at radius 3 is 2.67 bits per heavy atom. The van der Waals surface area contributed by atoms with Crippen LogP contribution < -0.4 is 0 Å². The molecule has 0 aliphatic carbocycles. The number of amides is 2. The molecule has 8 heteroatoms. The maximum atomic E-state index is 12.5. The lowest BCUT2D eigenvalue weighted by molar-refractivity contribution is -0.0503. The summed E-state index contributed by atoms with van der Waals surface area (Å²) in [5.41, 5.74) is -0.148. The Morgan fingerprint density at radius 1 is 1.37 bits per heavy atom. The SMILES string of the molecule is C/C(=C\CN1C(=O)OC[C@@H]1/C=C/COC(=O)N1C(C)(C)COC1(C)C)CCl. The highest BCUT2D eigenvalue weighted by molar-refractivity contribution is 6.19. The average Bonchev–Trinajstić information content (AvgIpc) is 3.05. The van der Waals surface area contributed by atoms with Gasteiger partial charge in [0.05, 0.1) is 18.2 Å². The second kappa shape index (κ2) is 8.52. The summed E-state index contributed by atoms with van der Waals surface area (Å²) in [6, 6.07) is -0.196. The highest BCUT2D eigenvalue weighted by atomic mass is 35.5. The molecule has 0 aromatic heterocycles. The molecule has 0 radical (unpaired) electrons. The molecular formula is C19H29ClN2O5. The minimum Gasteiger partial charge on any atom is -0.447 e. The zero-order valence-corrected chi connectivity index (χ0v) is 17.4. The van der Waals surface area contributed by atoms with Gasteiger partial charge in [0, 0.05) is 12.4 Å². The van der Waals surface area contributed by atoms with Crippen molar-refractivity contribution in [1.82, 2.24) is 9.80 Å². The molecule has 152 valence electrons. The lowest BCUT2D eigenvalue weighted by Gasteiger charge is -2.36. The van der Waals surface area contributed by atoms with E-state index in [-0.39, 0.29) is 25.3 Å². The summed E-state index contributed by atoms with van der Waals surface area (Å²) in [5.74, 6) is 0.423. The van der Waals surface area contributed by atoms with Crippen molar-refractivity contribution in [3.8, 4) is 0 Å². The van der Waals surface area contributed by atoms with Crippen molar-refractivity contribution in [3.63, 3.8) is 0 Å². The minimum atomic E-state index is -0.709. The number of cyclic esters (lactones) is 1. The van der Waals surface area contributed by atoms with Gasteiger partial charge in [-0.05, 0) is 40.7 Å². The predicted molar refractivity (Wildman–Crippen MR) is 103 cm³/mol. The van der Waals surface area contributed by atoms with Crippen LogP contribution in [0.2, 0.25) is 0 Å². The van der Waals surface area contributed by atoms with Crippen LogP contribution in [0.1, 0.15) is 34.6 Å². The van der Waals surface area contributed by atoms with Gasteiger partial charge in [-0.2, -0.15) is 0 Å². The molecule has 7 nitrogen and oxygen atoms in total. The topological polar surface area (TPSA) is 68.3 Å². The van der Waals surface area contributed by atoms with Crippen molar-refractivity contribution in [1.29, 1.82) is 0 Å². The Hall–Kier alpha value is -1.73. The smallest absolute Gasteiger partial charge is 0.412 e. The van der Waals surface area contributed by atoms with Crippen LogP contribution in [0, 0.1) is 0 Å². The summed E-state index contributed by atoms with van der Waals surface area (Å²) in [6.07, 6.45) is 4.66. The van der Waals surface area contributed by atoms with Crippen molar-refractivity contribution in [2.45, 2.75) is 51.9 Å². The monoisotopic (exact) mass is 400 g/mol. The van der Waals surface area contributed by atoms with Gasteiger partial charge in [0.2, 0.25) is 0 Å².